The van der Waals surface area contributed by atoms with Crippen molar-refractivity contribution in [3.63, 3.8) is 0 Å². The van der Waals surface area contributed by atoms with Gasteiger partial charge < -0.3 is 9.47 Å². The summed E-state index contributed by atoms with van der Waals surface area (Å²) in [6.45, 7) is 10.6. The molecule has 4 atom stereocenters. The highest BCUT2D eigenvalue weighted by Gasteiger charge is 2.51. The average Bonchev–Trinajstić information content (AvgIpc) is 2.59. The topological polar surface area (TPSA) is 52.6 Å². The molecule has 0 N–H and O–H groups in total. The summed E-state index contributed by atoms with van der Waals surface area (Å²) in [4.78, 5) is 23.2. The molecule has 0 aromatic heterocycles. The SMILES string of the molecule is C=C1CCC2C(C(=O)OC)CCCC2(C)C1CC/C(C)=C/COC(C)=O. The summed E-state index contributed by atoms with van der Waals surface area (Å²) in [5, 5.41) is 0. The Morgan fingerprint density at radius 2 is 2.04 bits per heavy atom. The first-order valence-electron chi connectivity index (χ1n) is 9.84. The molecule has 4 heteroatoms. The number of methoxy groups -OCH3 is 1. The monoisotopic (exact) mass is 362 g/mol. The summed E-state index contributed by atoms with van der Waals surface area (Å²) in [6, 6.07) is 0. The first-order valence-corrected chi connectivity index (χ1v) is 9.84. The lowest BCUT2D eigenvalue weighted by molar-refractivity contribution is -0.154. The molecule has 0 amide bonds. The largest absolute Gasteiger partial charge is 0.469 e. The minimum atomic E-state index is -0.249. The van der Waals surface area contributed by atoms with Gasteiger partial charge in [-0.1, -0.05) is 31.1 Å². The van der Waals surface area contributed by atoms with Crippen molar-refractivity contribution in [1.29, 1.82) is 0 Å². The molecule has 0 spiro atoms. The summed E-state index contributed by atoms with van der Waals surface area (Å²) in [7, 11) is 1.50. The van der Waals surface area contributed by atoms with E-state index in [0.717, 1.165) is 44.9 Å². The summed E-state index contributed by atoms with van der Waals surface area (Å²) >= 11 is 0. The Kier molecular flexibility index (Phi) is 7.08. The Bertz CT molecular complexity index is 577. The number of carbonyl (C=O) groups excluding carboxylic acids is 2. The Balaban J connectivity index is 2.07. The normalized spacial score (nSPS) is 31.9. The lowest BCUT2D eigenvalue weighted by Gasteiger charge is -2.54. The zero-order valence-corrected chi connectivity index (χ0v) is 16.8. The number of allylic oxidation sites excluding steroid dienone is 2. The van der Waals surface area contributed by atoms with Crippen LogP contribution in [0.15, 0.2) is 23.8 Å². The van der Waals surface area contributed by atoms with Crippen molar-refractivity contribution >= 4 is 11.9 Å². The van der Waals surface area contributed by atoms with Crippen molar-refractivity contribution in [2.75, 3.05) is 13.7 Å². The molecule has 0 aliphatic heterocycles. The van der Waals surface area contributed by atoms with Crippen molar-refractivity contribution in [3.8, 4) is 0 Å². The molecule has 0 aromatic rings. The van der Waals surface area contributed by atoms with E-state index in [0.29, 0.717) is 18.4 Å². The maximum Gasteiger partial charge on any atom is 0.308 e. The molecular weight excluding hydrogens is 328 g/mol. The minimum absolute atomic E-state index is 0.0370. The van der Waals surface area contributed by atoms with Gasteiger partial charge in [-0.05, 0) is 68.8 Å². The van der Waals surface area contributed by atoms with Crippen LogP contribution in [0.25, 0.3) is 0 Å². The van der Waals surface area contributed by atoms with Gasteiger partial charge in [-0.3, -0.25) is 9.59 Å². The van der Waals surface area contributed by atoms with Gasteiger partial charge in [-0.15, -0.1) is 0 Å². The van der Waals surface area contributed by atoms with E-state index in [-0.39, 0.29) is 23.3 Å². The van der Waals surface area contributed by atoms with Crippen LogP contribution in [-0.4, -0.2) is 25.7 Å². The highest BCUT2D eigenvalue weighted by atomic mass is 16.5. The summed E-state index contributed by atoms with van der Waals surface area (Å²) in [6.07, 6.45) is 9.25. The molecule has 0 heterocycles. The quantitative estimate of drug-likeness (QED) is 0.501. The predicted octanol–water partition coefficient (Wildman–Crippen LogP) is 4.84. The first-order chi connectivity index (χ1) is 12.3. The molecule has 2 aliphatic carbocycles. The second kappa shape index (κ2) is 8.88. The fourth-order valence-electron chi connectivity index (χ4n) is 5.24. The van der Waals surface area contributed by atoms with E-state index < -0.39 is 0 Å². The van der Waals surface area contributed by atoms with Crippen LogP contribution in [0.1, 0.15) is 65.7 Å². The molecule has 4 nitrogen and oxygen atoms in total. The fraction of sp³-hybridized carbons (Fsp3) is 0.727. The molecule has 0 aromatic carbocycles. The lowest BCUT2D eigenvalue weighted by atomic mass is 9.50. The van der Waals surface area contributed by atoms with Crippen LogP contribution in [0.3, 0.4) is 0 Å². The molecule has 0 bridgehead atoms. The molecule has 4 unspecified atom stereocenters. The molecule has 146 valence electrons. The zero-order chi connectivity index (χ0) is 19.3. The van der Waals surface area contributed by atoms with Gasteiger partial charge in [-0.2, -0.15) is 0 Å². The van der Waals surface area contributed by atoms with Crippen LogP contribution in [0.2, 0.25) is 0 Å². The van der Waals surface area contributed by atoms with E-state index >= 15 is 0 Å². The van der Waals surface area contributed by atoms with E-state index in [1.807, 2.05) is 6.08 Å². The van der Waals surface area contributed by atoms with Gasteiger partial charge in [0.1, 0.15) is 6.61 Å². The molecule has 2 rings (SSSR count). The van der Waals surface area contributed by atoms with Crippen LogP contribution in [-0.2, 0) is 19.1 Å². The number of hydrogen-bond acceptors (Lipinski definition) is 4. The second-order valence-electron chi connectivity index (χ2n) is 8.28. The Morgan fingerprint density at radius 3 is 2.69 bits per heavy atom. The van der Waals surface area contributed by atoms with Crippen molar-refractivity contribution in [1.82, 2.24) is 0 Å². The zero-order valence-electron chi connectivity index (χ0n) is 16.8. The van der Waals surface area contributed by atoms with Crippen LogP contribution < -0.4 is 0 Å². The summed E-state index contributed by atoms with van der Waals surface area (Å²) < 4.78 is 10.1. The van der Waals surface area contributed by atoms with Gasteiger partial charge in [0.25, 0.3) is 0 Å². The fourth-order valence-corrected chi connectivity index (χ4v) is 5.24. The third kappa shape index (κ3) is 4.57. The van der Waals surface area contributed by atoms with Crippen LogP contribution in [0, 0.1) is 23.2 Å². The number of esters is 2. The van der Waals surface area contributed by atoms with Gasteiger partial charge in [0.05, 0.1) is 13.0 Å². The first kappa shape index (κ1) is 20.7. The summed E-state index contributed by atoms with van der Waals surface area (Å²) in [5.41, 5.74) is 2.70. The molecule has 0 radical (unpaired) electrons. The number of hydrogen-bond donors (Lipinski definition) is 0. The third-order valence-electron chi connectivity index (χ3n) is 6.68. The number of fused-ring (bicyclic) bond motifs is 1. The van der Waals surface area contributed by atoms with Crippen molar-refractivity contribution < 1.29 is 19.1 Å². The van der Waals surface area contributed by atoms with Crippen molar-refractivity contribution in [3.05, 3.63) is 23.8 Å². The number of ether oxygens (including phenoxy) is 2. The minimum Gasteiger partial charge on any atom is -0.469 e. The maximum atomic E-state index is 12.3. The third-order valence-corrected chi connectivity index (χ3v) is 6.68. The Hall–Kier alpha value is -1.58. The van der Waals surface area contributed by atoms with E-state index in [1.165, 1.54) is 25.2 Å². The van der Waals surface area contributed by atoms with Crippen LogP contribution in [0.5, 0.6) is 0 Å². The number of carbonyl (C=O) groups is 2. The van der Waals surface area contributed by atoms with Gasteiger partial charge in [0, 0.05) is 6.92 Å². The molecule has 2 aliphatic rings. The van der Waals surface area contributed by atoms with E-state index in [4.69, 9.17) is 9.47 Å². The Labute approximate surface area is 158 Å². The molecular formula is C22H34O4. The highest BCUT2D eigenvalue weighted by molar-refractivity contribution is 5.73. The maximum absolute atomic E-state index is 12.3. The van der Waals surface area contributed by atoms with Crippen molar-refractivity contribution in [2.45, 2.75) is 65.7 Å². The van der Waals surface area contributed by atoms with Gasteiger partial charge in [0.15, 0.2) is 0 Å². The van der Waals surface area contributed by atoms with E-state index in [1.54, 1.807) is 0 Å². The Morgan fingerprint density at radius 1 is 1.31 bits per heavy atom. The van der Waals surface area contributed by atoms with Crippen LogP contribution >= 0.6 is 0 Å². The second-order valence-corrected chi connectivity index (χ2v) is 8.28. The van der Waals surface area contributed by atoms with Gasteiger partial charge >= 0.3 is 11.9 Å². The van der Waals surface area contributed by atoms with E-state index in [2.05, 4.69) is 20.4 Å². The smallest absolute Gasteiger partial charge is 0.308 e. The predicted molar refractivity (Wildman–Crippen MR) is 102 cm³/mol. The van der Waals surface area contributed by atoms with Crippen molar-refractivity contribution in [2.24, 2.45) is 23.2 Å². The standard InChI is InChI=1S/C22H34O4/c1-15(12-14-26-17(3)23)8-10-19-16(2)9-11-20-18(21(24)25-5)7-6-13-22(19,20)4/h12,18-20H,2,6-11,13-14H2,1,3-5H3/b15-12+. The number of rotatable bonds is 6. The molecule has 26 heavy (non-hydrogen) atoms. The molecule has 2 fully saturated rings. The summed E-state index contributed by atoms with van der Waals surface area (Å²) in [5.74, 6) is 0.580. The molecule has 2 saturated carbocycles. The highest BCUT2D eigenvalue weighted by Crippen LogP contribution is 2.58. The van der Waals surface area contributed by atoms with Gasteiger partial charge in [-0.25, -0.2) is 0 Å². The molecule has 0 saturated heterocycles. The van der Waals surface area contributed by atoms with Gasteiger partial charge in [0.2, 0.25) is 0 Å². The van der Waals surface area contributed by atoms with Crippen LogP contribution in [0.4, 0.5) is 0 Å². The van der Waals surface area contributed by atoms with E-state index in [9.17, 15) is 9.59 Å². The lowest BCUT2D eigenvalue weighted by Crippen LogP contribution is -2.48. The average molecular weight is 363 g/mol.